The maximum atomic E-state index is 12.9. The van der Waals surface area contributed by atoms with Crippen molar-refractivity contribution < 1.29 is 27.1 Å². The molecule has 0 bridgehead atoms. The highest BCUT2D eigenvalue weighted by molar-refractivity contribution is 7.18. The first-order chi connectivity index (χ1) is 17.8. The Morgan fingerprint density at radius 3 is 2.68 bits per heavy atom. The summed E-state index contributed by atoms with van der Waals surface area (Å²) in [5.41, 5.74) is 0.881. The Balaban J connectivity index is 1.30. The van der Waals surface area contributed by atoms with Gasteiger partial charge in [0.05, 0.1) is 18.0 Å². The van der Waals surface area contributed by atoms with Crippen LogP contribution >= 0.6 is 11.3 Å². The monoisotopic (exact) mass is 531 g/mol. The van der Waals surface area contributed by atoms with Gasteiger partial charge in [0.1, 0.15) is 29.8 Å². The summed E-state index contributed by atoms with van der Waals surface area (Å²) in [5, 5.41) is 6.84. The number of thiophene rings is 1. The Hall–Kier alpha value is -3.67. The van der Waals surface area contributed by atoms with Gasteiger partial charge in [-0.25, -0.2) is 19.7 Å². The lowest BCUT2D eigenvalue weighted by atomic mass is 9.82. The zero-order valence-electron chi connectivity index (χ0n) is 19.6. The van der Waals surface area contributed by atoms with Crippen LogP contribution in [0.2, 0.25) is 0 Å². The van der Waals surface area contributed by atoms with E-state index in [-0.39, 0.29) is 29.5 Å². The average Bonchev–Trinajstić information content (AvgIpc) is 3.53. The third-order valence-electron chi connectivity index (χ3n) is 6.14. The van der Waals surface area contributed by atoms with Crippen molar-refractivity contribution in [3.8, 4) is 0 Å². The van der Waals surface area contributed by atoms with E-state index in [9.17, 15) is 18.0 Å². The number of alkyl halides is 3. The minimum absolute atomic E-state index is 0.0822. The number of nitrogens with one attached hydrogen (secondary N) is 2. The molecular weight excluding hydrogens is 507 g/mol. The lowest BCUT2D eigenvalue weighted by Gasteiger charge is -2.34. The van der Waals surface area contributed by atoms with E-state index in [1.807, 2.05) is 30.3 Å². The molecule has 2 N–H and O–H groups in total. The molecule has 1 aromatic carbocycles. The maximum absolute atomic E-state index is 12.9. The van der Waals surface area contributed by atoms with E-state index in [2.05, 4.69) is 25.6 Å². The third kappa shape index (κ3) is 6.56. The summed E-state index contributed by atoms with van der Waals surface area (Å²) in [5.74, 6) is 0.936. The molecule has 194 valence electrons. The van der Waals surface area contributed by atoms with Gasteiger partial charge in [-0.3, -0.25) is 0 Å². The molecule has 1 saturated carbocycles. The van der Waals surface area contributed by atoms with Crippen molar-refractivity contribution in [2.45, 2.75) is 56.5 Å². The summed E-state index contributed by atoms with van der Waals surface area (Å²) in [4.78, 5) is 25.9. The van der Waals surface area contributed by atoms with Crippen LogP contribution in [-0.2, 0) is 17.8 Å². The van der Waals surface area contributed by atoms with Gasteiger partial charge in [0.15, 0.2) is 5.89 Å². The van der Waals surface area contributed by atoms with E-state index in [0.717, 1.165) is 16.9 Å². The molecule has 0 unspecified atom stereocenters. The maximum Gasteiger partial charge on any atom is 0.407 e. The minimum Gasteiger partial charge on any atom is -0.449 e. The van der Waals surface area contributed by atoms with Gasteiger partial charge in [0.25, 0.3) is 0 Å². The van der Waals surface area contributed by atoms with Crippen molar-refractivity contribution >= 4 is 33.5 Å². The molecule has 12 heteroatoms. The van der Waals surface area contributed by atoms with Gasteiger partial charge in [0.2, 0.25) is 0 Å². The Morgan fingerprint density at radius 2 is 1.92 bits per heavy atom. The molecule has 1 aliphatic carbocycles. The number of halogens is 3. The first-order valence-corrected chi connectivity index (χ1v) is 12.6. The summed E-state index contributed by atoms with van der Waals surface area (Å²) >= 11 is 1.00. The smallest absolute Gasteiger partial charge is 0.407 e. The molecule has 1 aliphatic rings. The van der Waals surface area contributed by atoms with E-state index in [0.29, 0.717) is 41.2 Å². The van der Waals surface area contributed by atoms with E-state index < -0.39 is 18.7 Å². The molecule has 0 spiro atoms. The molecule has 1 fully saturated rings. The molecule has 8 nitrogen and oxygen atoms in total. The fraction of sp³-hybridized carbons (Fsp3) is 0.360. The highest BCUT2D eigenvalue weighted by Crippen LogP contribution is 2.36. The zero-order valence-corrected chi connectivity index (χ0v) is 20.4. The number of fused-ring (bicyclic) bond motifs is 1. The molecule has 5 rings (SSSR count). The quantitative estimate of drug-likeness (QED) is 0.309. The van der Waals surface area contributed by atoms with Crippen LogP contribution in [0.15, 0.2) is 59.6 Å². The van der Waals surface area contributed by atoms with Crippen LogP contribution < -0.4 is 10.6 Å². The highest BCUT2D eigenvalue weighted by atomic mass is 32.1. The number of ether oxygens (including phenoxy) is 1. The summed E-state index contributed by atoms with van der Waals surface area (Å²) < 4.78 is 49.7. The summed E-state index contributed by atoms with van der Waals surface area (Å²) in [7, 11) is 0. The second kappa shape index (κ2) is 10.8. The Morgan fingerprint density at radius 1 is 1.11 bits per heavy atom. The van der Waals surface area contributed by atoms with Gasteiger partial charge in [-0.15, -0.1) is 11.3 Å². The van der Waals surface area contributed by atoms with Crippen LogP contribution in [0.4, 0.5) is 23.8 Å². The van der Waals surface area contributed by atoms with Gasteiger partial charge in [-0.05, 0) is 30.9 Å². The predicted octanol–water partition coefficient (Wildman–Crippen LogP) is 5.83. The number of hydrogen-bond donors (Lipinski definition) is 2. The summed E-state index contributed by atoms with van der Waals surface area (Å²) in [6.45, 7) is 0.154. The standard InChI is InChI=1S/C25H24F3N5O3S/c26-25(27,28)12-19-11-20-21(30-14-31-23(20)37-19)32-17-8-16(22-29-6-7-35-22)9-18(10-17)33-24(34)36-13-15-4-2-1-3-5-15/h1-7,11,14,16-18H,8-10,12-13H2,(H,33,34)(H,30,31,32)/t16-,17+,18-/m0/s1. The van der Waals surface area contributed by atoms with Crippen molar-refractivity contribution in [3.05, 3.63) is 71.5 Å². The molecule has 0 radical (unpaired) electrons. The number of carbonyl (C=O) groups is 1. The SMILES string of the molecule is O=C(N[C@@H]1C[C@H](Nc2ncnc3sc(CC(F)(F)F)cc23)C[C@H](c2ncco2)C1)OCc1ccccc1. The first kappa shape index (κ1) is 25.0. The Kier molecular flexibility index (Phi) is 7.26. The number of amides is 1. The van der Waals surface area contributed by atoms with Crippen molar-refractivity contribution in [2.75, 3.05) is 5.32 Å². The number of alkyl carbamates (subject to hydrolysis) is 1. The molecule has 4 aromatic rings. The van der Waals surface area contributed by atoms with Crippen molar-refractivity contribution in [1.82, 2.24) is 20.3 Å². The van der Waals surface area contributed by atoms with Crippen molar-refractivity contribution in [1.29, 1.82) is 0 Å². The summed E-state index contributed by atoms with van der Waals surface area (Å²) in [6.07, 6.45) is 0.374. The molecule has 1 amide bonds. The van der Waals surface area contributed by atoms with E-state index in [1.54, 1.807) is 6.20 Å². The molecular formula is C25H24F3N5O3S. The van der Waals surface area contributed by atoms with Crippen molar-refractivity contribution in [3.63, 3.8) is 0 Å². The number of hydrogen-bond acceptors (Lipinski definition) is 8. The zero-order chi connectivity index (χ0) is 25.8. The first-order valence-electron chi connectivity index (χ1n) is 11.8. The number of oxazole rings is 1. The fourth-order valence-corrected chi connectivity index (χ4v) is 5.65. The predicted molar refractivity (Wildman–Crippen MR) is 131 cm³/mol. The van der Waals surface area contributed by atoms with E-state index in [4.69, 9.17) is 9.15 Å². The van der Waals surface area contributed by atoms with E-state index >= 15 is 0 Å². The van der Waals surface area contributed by atoms with Crippen LogP contribution in [-0.4, -0.2) is 39.3 Å². The van der Waals surface area contributed by atoms with Crippen LogP contribution in [0, 0.1) is 0 Å². The number of carbonyl (C=O) groups excluding carboxylic acids is 1. The lowest BCUT2D eigenvalue weighted by molar-refractivity contribution is -0.126. The largest absolute Gasteiger partial charge is 0.449 e. The molecule has 3 aromatic heterocycles. The normalized spacial score (nSPS) is 20.0. The number of anilines is 1. The molecule has 0 aliphatic heterocycles. The van der Waals surface area contributed by atoms with Crippen molar-refractivity contribution in [2.24, 2.45) is 0 Å². The molecule has 3 atom stereocenters. The van der Waals surface area contributed by atoms with Gasteiger partial charge in [-0.1, -0.05) is 30.3 Å². The summed E-state index contributed by atoms with van der Waals surface area (Å²) in [6, 6.07) is 10.5. The second-order valence-corrected chi connectivity index (χ2v) is 10.1. The third-order valence-corrected chi connectivity index (χ3v) is 7.18. The highest BCUT2D eigenvalue weighted by Gasteiger charge is 2.34. The van der Waals surface area contributed by atoms with Crippen LogP contribution in [0.1, 0.15) is 41.5 Å². The second-order valence-electron chi connectivity index (χ2n) is 8.96. The molecule has 0 saturated heterocycles. The molecule has 37 heavy (non-hydrogen) atoms. The Labute approximate surface area is 214 Å². The van der Waals surface area contributed by atoms with Gasteiger partial charge in [-0.2, -0.15) is 13.2 Å². The number of benzene rings is 1. The number of aromatic nitrogens is 3. The van der Waals surface area contributed by atoms with Crippen LogP contribution in [0.3, 0.4) is 0 Å². The number of nitrogens with zero attached hydrogens (tertiary/aromatic N) is 3. The van der Waals surface area contributed by atoms with E-state index in [1.165, 1.54) is 18.7 Å². The van der Waals surface area contributed by atoms with Crippen LogP contribution in [0.5, 0.6) is 0 Å². The lowest BCUT2D eigenvalue weighted by Crippen LogP contribution is -2.44. The fourth-order valence-electron chi connectivity index (χ4n) is 4.62. The minimum atomic E-state index is -4.30. The van der Waals surface area contributed by atoms with Gasteiger partial charge >= 0.3 is 12.3 Å². The van der Waals surface area contributed by atoms with Crippen LogP contribution in [0.25, 0.3) is 10.2 Å². The topological polar surface area (TPSA) is 102 Å². The van der Waals surface area contributed by atoms with Gasteiger partial charge < -0.3 is 19.8 Å². The average molecular weight is 532 g/mol. The number of rotatable bonds is 7. The Bertz CT molecular complexity index is 1330. The molecule has 3 heterocycles. The van der Waals surface area contributed by atoms with Gasteiger partial charge in [0, 0.05) is 22.9 Å².